The molecule has 0 bridgehead atoms. The molecular weight excluding hydrogens is 484 g/mol. The fraction of sp³-hybridized carbons (Fsp3) is 0.632. The summed E-state index contributed by atoms with van der Waals surface area (Å²) >= 11 is 0. The van der Waals surface area contributed by atoms with Gasteiger partial charge in [0.1, 0.15) is 5.75 Å². The molecule has 0 amide bonds. The van der Waals surface area contributed by atoms with Crippen molar-refractivity contribution in [3.05, 3.63) is 29.8 Å². The smallest absolute Gasteiger partial charge is 0.422 e. The molecule has 28 heavy (non-hydrogen) atoms. The van der Waals surface area contributed by atoms with Crippen LogP contribution in [0.15, 0.2) is 29.3 Å². The van der Waals surface area contributed by atoms with Crippen LogP contribution in [0.4, 0.5) is 13.2 Å². The van der Waals surface area contributed by atoms with Gasteiger partial charge >= 0.3 is 6.18 Å². The summed E-state index contributed by atoms with van der Waals surface area (Å²) in [6.07, 6.45) is -1.94. The molecule has 0 radical (unpaired) electrons. The zero-order chi connectivity index (χ0) is 19.7. The molecule has 0 saturated carbocycles. The Hall–Kier alpha value is -1.23. The zero-order valence-corrected chi connectivity index (χ0v) is 18.7. The SMILES string of the molecule is CCNC(=NCc1cccc(OCC(F)(F)F)c1)NCC1CCCN1CC.I. The van der Waals surface area contributed by atoms with Gasteiger partial charge in [-0.2, -0.15) is 13.2 Å². The van der Waals surface area contributed by atoms with E-state index in [0.29, 0.717) is 18.5 Å². The Morgan fingerprint density at radius 1 is 1.29 bits per heavy atom. The molecule has 160 valence electrons. The van der Waals surface area contributed by atoms with E-state index in [1.54, 1.807) is 12.1 Å². The topological polar surface area (TPSA) is 48.9 Å². The van der Waals surface area contributed by atoms with Gasteiger partial charge in [0, 0.05) is 19.1 Å². The Morgan fingerprint density at radius 2 is 2.07 bits per heavy atom. The summed E-state index contributed by atoms with van der Waals surface area (Å²) in [4.78, 5) is 7.00. The molecular formula is C19H30F3IN4O. The maximum Gasteiger partial charge on any atom is 0.422 e. The lowest BCUT2D eigenvalue weighted by Gasteiger charge is -2.24. The monoisotopic (exact) mass is 514 g/mol. The van der Waals surface area contributed by atoms with Crippen molar-refractivity contribution in [1.82, 2.24) is 15.5 Å². The molecule has 1 saturated heterocycles. The van der Waals surface area contributed by atoms with Crippen molar-refractivity contribution in [1.29, 1.82) is 0 Å². The van der Waals surface area contributed by atoms with E-state index in [-0.39, 0.29) is 29.7 Å². The van der Waals surface area contributed by atoms with Gasteiger partial charge in [-0.25, -0.2) is 4.99 Å². The third-order valence-electron chi connectivity index (χ3n) is 4.48. The number of likely N-dealkylation sites (tertiary alicyclic amines) is 1. The maximum atomic E-state index is 12.3. The molecule has 5 nitrogen and oxygen atoms in total. The third kappa shape index (κ3) is 8.85. The van der Waals surface area contributed by atoms with E-state index >= 15 is 0 Å². The second-order valence-corrected chi connectivity index (χ2v) is 6.55. The van der Waals surface area contributed by atoms with Crippen molar-refractivity contribution in [2.45, 2.75) is 45.5 Å². The largest absolute Gasteiger partial charge is 0.484 e. The van der Waals surface area contributed by atoms with Gasteiger partial charge in [-0.15, -0.1) is 24.0 Å². The lowest BCUT2D eigenvalue weighted by atomic mass is 10.2. The molecule has 2 N–H and O–H groups in total. The summed E-state index contributed by atoms with van der Waals surface area (Å²) in [7, 11) is 0. The average molecular weight is 514 g/mol. The first-order chi connectivity index (χ1) is 12.9. The molecule has 1 aliphatic rings. The lowest BCUT2D eigenvalue weighted by molar-refractivity contribution is -0.153. The molecule has 2 rings (SSSR count). The van der Waals surface area contributed by atoms with Gasteiger partial charge in [0.25, 0.3) is 0 Å². The number of hydrogen-bond acceptors (Lipinski definition) is 3. The van der Waals surface area contributed by atoms with Gasteiger partial charge < -0.3 is 15.4 Å². The highest BCUT2D eigenvalue weighted by atomic mass is 127. The highest BCUT2D eigenvalue weighted by Gasteiger charge is 2.28. The number of halogens is 4. The van der Waals surface area contributed by atoms with Crippen LogP contribution in [0.5, 0.6) is 5.75 Å². The molecule has 1 aromatic carbocycles. The predicted molar refractivity (Wildman–Crippen MR) is 116 cm³/mol. The number of alkyl halides is 3. The molecule has 0 aliphatic carbocycles. The molecule has 1 aliphatic heterocycles. The summed E-state index contributed by atoms with van der Waals surface area (Å²) in [6, 6.07) is 7.12. The van der Waals surface area contributed by atoms with Crippen molar-refractivity contribution in [3.8, 4) is 5.75 Å². The number of aliphatic imine (C=N–C) groups is 1. The Kier molecular flexibility index (Phi) is 10.9. The van der Waals surface area contributed by atoms with Gasteiger partial charge in [-0.05, 0) is 50.6 Å². The standard InChI is InChI=1S/C19H29F3N4O.HI/c1-3-23-18(25-13-16-8-6-10-26(16)4-2)24-12-15-7-5-9-17(11-15)27-14-19(20,21)22;/h5,7,9,11,16H,3-4,6,8,10,12-14H2,1-2H3,(H2,23,24,25);1H. The van der Waals surface area contributed by atoms with E-state index in [2.05, 4.69) is 27.4 Å². The number of ether oxygens (including phenoxy) is 1. The van der Waals surface area contributed by atoms with E-state index < -0.39 is 12.8 Å². The van der Waals surface area contributed by atoms with Gasteiger partial charge in [-0.1, -0.05) is 19.1 Å². The van der Waals surface area contributed by atoms with Crippen LogP contribution in [-0.2, 0) is 6.54 Å². The number of guanidine groups is 1. The zero-order valence-electron chi connectivity index (χ0n) is 16.4. The van der Waals surface area contributed by atoms with Crippen molar-refractivity contribution >= 4 is 29.9 Å². The van der Waals surface area contributed by atoms with Gasteiger partial charge in [-0.3, -0.25) is 4.90 Å². The van der Waals surface area contributed by atoms with Gasteiger partial charge in [0.05, 0.1) is 6.54 Å². The van der Waals surface area contributed by atoms with Crippen LogP contribution in [0.25, 0.3) is 0 Å². The maximum absolute atomic E-state index is 12.3. The number of nitrogens with zero attached hydrogens (tertiary/aromatic N) is 2. The van der Waals surface area contributed by atoms with E-state index in [4.69, 9.17) is 4.74 Å². The van der Waals surface area contributed by atoms with Crippen LogP contribution in [0.3, 0.4) is 0 Å². The molecule has 0 aromatic heterocycles. The highest BCUT2D eigenvalue weighted by Crippen LogP contribution is 2.20. The van der Waals surface area contributed by atoms with Crippen LogP contribution in [0.2, 0.25) is 0 Å². The predicted octanol–water partition coefficient (Wildman–Crippen LogP) is 3.79. The molecule has 1 aromatic rings. The second-order valence-electron chi connectivity index (χ2n) is 6.55. The Balaban J connectivity index is 0.00000392. The Labute approximate surface area is 182 Å². The minimum Gasteiger partial charge on any atom is -0.484 e. The summed E-state index contributed by atoms with van der Waals surface area (Å²) in [5.41, 5.74) is 0.794. The first-order valence-corrected chi connectivity index (χ1v) is 9.46. The molecule has 9 heteroatoms. The van der Waals surface area contributed by atoms with E-state index in [9.17, 15) is 13.2 Å². The first-order valence-electron chi connectivity index (χ1n) is 9.46. The summed E-state index contributed by atoms with van der Waals surface area (Å²) in [5, 5.41) is 6.58. The average Bonchev–Trinajstić information content (AvgIpc) is 3.10. The minimum atomic E-state index is -4.34. The van der Waals surface area contributed by atoms with Crippen LogP contribution in [0, 0.1) is 0 Å². The van der Waals surface area contributed by atoms with Crippen LogP contribution >= 0.6 is 24.0 Å². The van der Waals surface area contributed by atoms with Crippen LogP contribution in [0.1, 0.15) is 32.3 Å². The first kappa shape index (κ1) is 24.8. The molecule has 1 heterocycles. The molecule has 1 unspecified atom stereocenters. The van der Waals surface area contributed by atoms with Gasteiger partial charge in [0.15, 0.2) is 12.6 Å². The Morgan fingerprint density at radius 3 is 2.75 bits per heavy atom. The third-order valence-corrected chi connectivity index (χ3v) is 4.48. The van der Waals surface area contributed by atoms with E-state index in [1.165, 1.54) is 18.9 Å². The fourth-order valence-corrected chi connectivity index (χ4v) is 3.17. The lowest BCUT2D eigenvalue weighted by Crippen LogP contribution is -2.44. The van der Waals surface area contributed by atoms with E-state index in [1.807, 2.05) is 13.0 Å². The molecule has 0 spiro atoms. The number of likely N-dealkylation sites (N-methyl/N-ethyl adjacent to an activating group) is 1. The van der Waals surface area contributed by atoms with Crippen molar-refractivity contribution < 1.29 is 17.9 Å². The molecule has 1 atom stereocenters. The van der Waals surface area contributed by atoms with Crippen LogP contribution < -0.4 is 15.4 Å². The summed E-state index contributed by atoms with van der Waals surface area (Å²) in [6.45, 7) is 6.99. The number of benzene rings is 1. The summed E-state index contributed by atoms with van der Waals surface area (Å²) < 4.78 is 41.6. The quantitative estimate of drug-likeness (QED) is 0.315. The number of hydrogen-bond donors (Lipinski definition) is 2. The molecule has 1 fully saturated rings. The summed E-state index contributed by atoms with van der Waals surface area (Å²) in [5.74, 6) is 0.907. The minimum absolute atomic E-state index is 0. The highest BCUT2D eigenvalue weighted by molar-refractivity contribution is 14.0. The normalized spacial score (nSPS) is 17.9. The van der Waals surface area contributed by atoms with Gasteiger partial charge in [0.2, 0.25) is 0 Å². The fourth-order valence-electron chi connectivity index (χ4n) is 3.17. The number of nitrogens with one attached hydrogen (secondary N) is 2. The van der Waals surface area contributed by atoms with Crippen molar-refractivity contribution in [3.63, 3.8) is 0 Å². The van der Waals surface area contributed by atoms with Crippen molar-refractivity contribution in [2.75, 3.05) is 32.8 Å². The van der Waals surface area contributed by atoms with Crippen LogP contribution in [-0.4, -0.2) is 55.9 Å². The second kappa shape index (κ2) is 12.4. The van der Waals surface area contributed by atoms with Crippen molar-refractivity contribution in [2.24, 2.45) is 4.99 Å². The number of rotatable bonds is 8. The Bertz CT molecular complexity index is 613. The van der Waals surface area contributed by atoms with E-state index in [0.717, 1.165) is 31.7 Å².